The summed E-state index contributed by atoms with van der Waals surface area (Å²) in [6.45, 7) is 3.64. The summed E-state index contributed by atoms with van der Waals surface area (Å²) in [4.78, 5) is 30.2. The van der Waals surface area contributed by atoms with Gasteiger partial charge in [-0.25, -0.2) is 4.79 Å². The molecule has 10 nitrogen and oxygen atoms in total. The number of anilines is 1. The van der Waals surface area contributed by atoms with Crippen molar-refractivity contribution in [3.05, 3.63) is 35.4 Å². The molecule has 2 fully saturated rings. The number of hydrogen-bond donors (Lipinski definition) is 0. The fourth-order valence-corrected chi connectivity index (χ4v) is 4.30. The monoisotopic (exact) mass is 398 g/mol. The zero-order chi connectivity index (χ0) is 19.8. The van der Waals surface area contributed by atoms with E-state index in [4.69, 9.17) is 9.47 Å². The second-order valence-electron chi connectivity index (χ2n) is 7.57. The number of nitrogens with zero attached hydrogens (tertiary/aromatic N) is 6. The quantitative estimate of drug-likeness (QED) is 0.676. The van der Waals surface area contributed by atoms with Crippen molar-refractivity contribution in [3.63, 3.8) is 0 Å². The van der Waals surface area contributed by atoms with Crippen molar-refractivity contribution in [1.82, 2.24) is 25.1 Å². The highest BCUT2D eigenvalue weighted by Crippen LogP contribution is 2.42. The second-order valence-corrected chi connectivity index (χ2v) is 7.57. The van der Waals surface area contributed by atoms with Gasteiger partial charge >= 0.3 is 5.97 Å². The molecule has 10 heteroatoms. The smallest absolute Gasteiger partial charge is 0.339 e. The fraction of sp³-hybridized carbons (Fsp3) is 0.526. The first kappa shape index (κ1) is 18.0. The van der Waals surface area contributed by atoms with Crippen LogP contribution in [0.4, 0.5) is 5.95 Å². The van der Waals surface area contributed by atoms with Gasteiger partial charge in [0.1, 0.15) is 6.54 Å². The fourth-order valence-electron chi connectivity index (χ4n) is 4.30. The van der Waals surface area contributed by atoms with Gasteiger partial charge < -0.3 is 19.3 Å². The molecular formula is C19H22N6O4. The summed E-state index contributed by atoms with van der Waals surface area (Å²) in [6, 6.07) is 7.42. The number of tetrazole rings is 1. The van der Waals surface area contributed by atoms with E-state index in [1.54, 1.807) is 11.0 Å². The van der Waals surface area contributed by atoms with Crippen molar-refractivity contribution in [1.29, 1.82) is 0 Å². The Balaban J connectivity index is 1.29. The number of carbonyl (C=O) groups is 2. The first-order valence-corrected chi connectivity index (χ1v) is 9.86. The van der Waals surface area contributed by atoms with Gasteiger partial charge in [0.05, 0.1) is 25.3 Å². The Morgan fingerprint density at radius 2 is 2.00 bits per heavy atom. The van der Waals surface area contributed by atoms with E-state index < -0.39 is 5.60 Å². The van der Waals surface area contributed by atoms with Gasteiger partial charge in [-0.05, 0) is 24.1 Å². The minimum Gasteiger partial charge on any atom is -0.449 e. The average Bonchev–Trinajstić information content (AvgIpc) is 3.32. The van der Waals surface area contributed by atoms with Gasteiger partial charge in [0, 0.05) is 25.2 Å². The van der Waals surface area contributed by atoms with Gasteiger partial charge in [0.2, 0.25) is 5.91 Å². The lowest BCUT2D eigenvalue weighted by Crippen LogP contribution is -2.49. The van der Waals surface area contributed by atoms with Gasteiger partial charge in [0.15, 0.2) is 5.60 Å². The summed E-state index contributed by atoms with van der Waals surface area (Å²) >= 11 is 0. The number of amides is 1. The number of rotatable bonds is 3. The van der Waals surface area contributed by atoms with Crippen molar-refractivity contribution >= 4 is 17.8 Å². The molecular weight excluding hydrogens is 376 g/mol. The van der Waals surface area contributed by atoms with E-state index in [2.05, 4.69) is 15.4 Å². The highest BCUT2D eigenvalue weighted by Gasteiger charge is 2.48. The van der Waals surface area contributed by atoms with Gasteiger partial charge in [0.25, 0.3) is 5.95 Å². The molecule has 29 heavy (non-hydrogen) atoms. The van der Waals surface area contributed by atoms with Crippen LogP contribution in [0.3, 0.4) is 0 Å². The van der Waals surface area contributed by atoms with Gasteiger partial charge in [-0.3, -0.25) is 4.79 Å². The molecule has 2 aromatic rings. The lowest BCUT2D eigenvalue weighted by Gasteiger charge is -2.39. The summed E-state index contributed by atoms with van der Waals surface area (Å²) in [5.41, 5.74) is 0.710. The average molecular weight is 398 g/mol. The minimum atomic E-state index is -0.754. The maximum Gasteiger partial charge on any atom is 0.339 e. The molecule has 1 atom stereocenters. The summed E-state index contributed by atoms with van der Waals surface area (Å²) in [5, 5.41) is 12.4. The minimum absolute atomic E-state index is 0.00299. The molecule has 1 aromatic heterocycles. The zero-order valence-corrected chi connectivity index (χ0v) is 16.0. The van der Waals surface area contributed by atoms with E-state index in [-0.39, 0.29) is 18.4 Å². The number of aromatic nitrogens is 4. The van der Waals surface area contributed by atoms with Gasteiger partial charge in [-0.1, -0.05) is 23.3 Å². The number of benzene rings is 1. The highest BCUT2D eigenvalue weighted by atomic mass is 16.6. The molecule has 1 amide bonds. The summed E-state index contributed by atoms with van der Waals surface area (Å²) in [6.07, 6.45) is 1.47. The molecule has 0 bridgehead atoms. The van der Waals surface area contributed by atoms with Crippen LogP contribution in [0.5, 0.6) is 0 Å². The zero-order valence-electron chi connectivity index (χ0n) is 16.0. The number of morpholine rings is 1. The van der Waals surface area contributed by atoms with Crippen LogP contribution >= 0.6 is 0 Å². The van der Waals surface area contributed by atoms with Crippen LogP contribution in [0, 0.1) is 0 Å². The van der Waals surface area contributed by atoms with Crippen molar-refractivity contribution in [2.75, 3.05) is 44.3 Å². The number of fused-ring (bicyclic) bond motifs is 2. The summed E-state index contributed by atoms with van der Waals surface area (Å²) in [7, 11) is 0. The van der Waals surface area contributed by atoms with Gasteiger partial charge in [-0.15, -0.1) is 5.10 Å². The standard InChI is InChI=1S/C19H22N6O4/c26-16(12-25-21-18(20-22-25)23-8-10-28-11-9-23)24-7-3-6-19(13-24)15-5-2-1-4-14(15)17(27)29-19/h1-2,4-5H,3,6-13H2. The summed E-state index contributed by atoms with van der Waals surface area (Å²) in [5.74, 6) is 0.0771. The Morgan fingerprint density at radius 3 is 2.86 bits per heavy atom. The van der Waals surface area contributed by atoms with Crippen LogP contribution in [-0.2, 0) is 26.4 Å². The molecule has 5 rings (SSSR count). The Hall–Kier alpha value is -3.01. The molecule has 0 N–H and O–H groups in total. The third kappa shape index (κ3) is 3.23. The Morgan fingerprint density at radius 1 is 1.17 bits per heavy atom. The van der Waals surface area contributed by atoms with E-state index >= 15 is 0 Å². The lowest BCUT2D eigenvalue weighted by atomic mass is 9.85. The van der Waals surface area contributed by atoms with Gasteiger partial charge in [-0.2, -0.15) is 4.80 Å². The predicted octanol–water partition coefficient (Wildman–Crippen LogP) is 0.198. The topological polar surface area (TPSA) is 103 Å². The number of piperidine rings is 1. The number of carbonyl (C=O) groups excluding carboxylic acids is 2. The van der Waals surface area contributed by atoms with Crippen molar-refractivity contribution in [3.8, 4) is 0 Å². The Labute approximate surface area is 167 Å². The number of likely N-dealkylation sites (tertiary alicyclic amines) is 1. The predicted molar refractivity (Wildman–Crippen MR) is 100 cm³/mol. The maximum atomic E-state index is 12.9. The normalized spacial score (nSPS) is 23.9. The molecule has 3 aliphatic rings. The third-order valence-electron chi connectivity index (χ3n) is 5.75. The number of ether oxygens (including phenoxy) is 2. The molecule has 0 saturated carbocycles. The van der Waals surface area contributed by atoms with Crippen LogP contribution in [0.25, 0.3) is 0 Å². The molecule has 2 saturated heterocycles. The molecule has 3 aliphatic heterocycles. The molecule has 0 aliphatic carbocycles. The number of esters is 1. The first-order chi connectivity index (χ1) is 14.1. The SMILES string of the molecule is O=C1OC2(CCCN(C(=O)Cn3nnc(N4CCOCC4)n3)C2)c2ccccc21. The van der Waals surface area contributed by atoms with Crippen molar-refractivity contribution in [2.24, 2.45) is 0 Å². The molecule has 152 valence electrons. The van der Waals surface area contributed by atoms with Crippen LogP contribution in [0.1, 0.15) is 28.8 Å². The van der Waals surface area contributed by atoms with Crippen molar-refractivity contribution in [2.45, 2.75) is 25.0 Å². The molecule has 1 aromatic carbocycles. The Bertz CT molecular complexity index is 940. The molecule has 1 unspecified atom stereocenters. The molecule has 1 spiro atoms. The number of hydrogen-bond acceptors (Lipinski definition) is 8. The van der Waals surface area contributed by atoms with Crippen LogP contribution in [-0.4, -0.2) is 76.4 Å². The second kappa shape index (κ2) is 7.11. The third-order valence-corrected chi connectivity index (χ3v) is 5.75. The lowest BCUT2D eigenvalue weighted by molar-refractivity contribution is -0.139. The maximum absolute atomic E-state index is 12.9. The van der Waals surface area contributed by atoms with E-state index in [1.807, 2.05) is 23.1 Å². The molecule has 0 radical (unpaired) electrons. The van der Waals surface area contributed by atoms with Crippen LogP contribution < -0.4 is 4.90 Å². The van der Waals surface area contributed by atoms with E-state index in [1.165, 1.54) is 4.80 Å². The highest BCUT2D eigenvalue weighted by molar-refractivity contribution is 5.95. The van der Waals surface area contributed by atoms with E-state index in [9.17, 15) is 9.59 Å². The molecule has 4 heterocycles. The van der Waals surface area contributed by atoms with Crippen LogP contribution in [0.2, 0.25) is 0 Å². The Kier molecular flexibility index (Phi) is 4.42. The summed E-state index contributed by atoms with van der Waals surface area (Å²) < 4.78 is 11.1. The first-order valence-electron chi connectivity index (χ1n) is 9.86. The van der Waals surface area contributed by atoms with E-state index in [0.717, 1.165) is 12.0 Å². The van der Waals surface area contributed by atoms with Crippen molar-refractivity contribution < 1.29 is 19.1 Å². The van der Waals surface area contributed by atoms with E-state index in [0.29, 0.717) is 57.3 Å². The largest absolute Gasteiger partial charge is 0.449 e. The van der Waals surface area contributed by atoms with Crippen LogP contribution in [0.15, 0.2) is 24.3 Å².